The largest absolute Gasteiger partial charge is 0.383 e. The molecule has 5 heteroatoms. The summed E-state index contributed by atoms with van der Waals surface area (Å²) in [6, 6.07) is 0.475. The third kappa shape index (κ3) is 3.82. The zero-order valence-electron chi connectivity index (χ0n) is 13.7. The number of ether oxygens (including phenoxy) is 1. The molecular formula is C15H28N4O. The zero-order chi connectivity index (χ0) is 15.1. The van der Waals surface area contributed by atoms with Gasteiger partial charge in [0.2, 0.25) is 0 Å². The maximum absolute atomic E-state index is 5.26. The molecular weight excluding hydrogens is 252 g/mol. The van der Waals surface area contributed by atoms with Crippen LogP contribution in [0, 0.1) is 13.8 Å². The second kappa shape index (κ2) is 8.04. The number of nitrogens with one attached hydrogen (secondary N) is 1. The number of hydrogen-bond acceptors (Lipinski definition) is 5. The van der Waals surface area contributed by atoms with E-state index in [2.05, 4.69) is 41.0 Å². The molecule has 0 bridgehead atoms. The maximum Gasteiger partial charge on any atom is 0.137 e. The number of methoxy groups -OCH3 is 1. The Kier molecular flexibility index (Phi) is 6.71. The molecule has 114 valence electrons. The third-order valence-electron chi connectivity index (χ3n) is 3.66. The molecule has 0 radical (unpaired) electrons. The summed E-state index contributed by atoms with van der Waals surface area (Å²) in [5.74, 6) is 2.72. The minimum Gasteiger partial charge on any atom is -0.383 e. The lowest BCUT2D eigenvalue weighted by Crippen LogP contribution is -2.38. The van der Waals surface area contributed by atoms with Crippen molar-refractivity contribution in [3.63, 3.8) is 0 Å². The van der Waals surface area contributed by atoms with Crippen LogP contribution in [0.1, 0.15) is 38.1 Å². The molecule has 0 aliphatic carbocycles. The molecule has 1 rings (SSSR count). The maximum atomic E-state index is 5.26. The standard InChI is InChI=1S/C15H28N4O/c1-7-13(8-2)19(9-10-20-6)15-11(3)14(16-5)17-12(4)18-15/h13H,7-10H2,1-6H3,(H,16,17,18). The number of nitrogens with zero attached hydrogens (tertiary/aromatic N) is 3. The van der Waals surface area contributed by atoms with Crippen LogP contribution in [0.15, 0.2) is 0 Å². The van der Waals surface area contributed by atoms with Gasteiger partial charge in [0.05, 0.1) is 6.61 Å². The van der Waals surface area contributed by atoms with Gasteiger partial charge in [-0.2, -0.15) is 0 Å². The predicted molar refractivity (Wildman–Crippen MR) is 84.6 cm³/mol. The van der Waals surface area contributed by atoms with Crippen molar-refractivity contribution in [2.45, 2.75) is 46.6 Å². The number of aromatic nitrogens is 2. The highest BCUT2D eigenvalue weighted by Crippen LogP contribution is 2.26. The van der Waals surface area contributed by atoms with E-state index >= 15 is 0 Å². The van der Waals surface area contributed by atoms with Crippen molar-refractivity contribution in [1.29, 1.82) is 0 Å². The van der Waals surface area contributed by atoms with Gasteiger partial charge in [-0.25, -0.2) is 9.97 Å². The van der Waals surface area contributed by atoms with Crippen molar-refractivity contribution >= 4 is 11.6 Å². The summed E-state index contributed by atoms with van der Waals surface area (Å²) in [5.41, 5.74) is 1.10. The van der Waals surface area contributed by atoms with Crippen LogP contribution in [0.2, 0.25) is 0 Å². The third-order valence-corrected chi connectivity index (χ3v) is 3.66. The fraction of sp³-hybridized carbons (Fsp3) is 0.733. The fourth-order valence-electron chi connectivity index (χ4n) is 2.52. The first-order valence-corrected chi connectivity index (χ1v) is 7.37. The zero-order valence-corrected chi connectivity index (χ0v) is 13.7. The molecule has 5 nitrogen and oxygen atoms in total. The summed E-state index contributed by atoms with van der Waals surface area (Å²) < 4.78 is 5.26. The van der Waals surface area contributed by atoms with E-state index in [1.807, 2.05) is 14.0 Å². The first kappa shape index (κ1) is 16.7. The van der Waals surface area contributed by atoms with Gasteiger partial charge in [0.1, 0.15) is 17.5 Å². The molecule has 0 aliphatic rings. The predicted octanol–water partition coefficient (Wildman–Crippen LogP) is 2.78. The Morgan fingerprint density at radius 3 is 2.35 bits per heavy atom. The van der Waals surface area contributed by atoms with Crippen molar-refractivity contribution in [3.05, 3.63) is 11.4 Å². The number of aryl methyl sites for hydroxylation is 1. The van der Waals surface area contributed by atoms with E-state index in [0.717, 1.165) is 42.4 Å². The lowest BCUT2D eigenvalue weighted by Gasteiger charge is -2.33. The molecule has 1 aromatic heterocycles. The number of rotatable bonds is 8. The average molecular weight is 280 g/mol. The van der Waals surface area contributed by atoms with Crippen LogP contribution in [0.25, 0.3) is 0 Å². The minimum atomic E-state index is 0.475. The van der Waals surface area contributed by atoms with E-state index in [0.29, 0.717) is 12.6 Å². The van der Waals surface area contributed by atoms with Gasteiger partial charge < -0.3 is 15.0 Å². The van der Waals surface area contributed by atoms with E-state index < -0.39 is 0 Å². The molecule has 0 atom stereocenters. The lowest BCUT2D eigenvalue weighted by molar-refractivity contribution is 0.202. The summed E-state index contributed by atoms with van der Waals surface area (Å²) in [7, 11) is 3.64. The molecule has 1 aromatic rings. The van der Waals surface area contributed by atoms with Crippen molar-refractivity contribution in [2.24, 2.45) is 0 Å². The molecule has 20 heavy (non-hydrogen) atoms. The lowest BCUT2D eigenvalue weighted by atomic mass is 10.1. The molecule has 1 N–H and O–H groups in total. The first-order valence-electron chi connectivity index (χ1n) is 7.37. The monoisotopic (exact) mass is 280 g/mol. The number of hydrogen-bond donors (Lipinski definition) is 1. The van der Waals surface area contributed by atoms with Crippen LogP contribution in [0.3, 0.4) is 0 Å². The van der Waals surface area contributed by atoms with E-state index in [-0.39, 0.29) is 0 Å². The minimum absolute atomic E-state index is 0.475. The van der Waals surface area contributed by atoms with Gasteiger partial charge in [-0.3, -0.25) is 0 Å². The highest BCUT2D eigenvalue weighted by Gasteiger charge is 2.20. The van der Waals surface area contributed by atoms with Crippen LogP contribution < -0.4 is 10.2 Å². The van der Waals surface area contributed by atoms with Crippen molar-refractivity contribution < 1.29 is 4.74 Å². The smallest absolute Gasteiger partial charge is 0.137 e. The van der Waals surface area contributed by atoms with Crippen LogP contribution in [0.4, 0.5) is 11.6 Å². The molecule has 0 aromatic carbocycles. The van der Waals surface area contributed by atoms with E-state index in [1.54, 1.807) is 7.11 Å². The quantitative estimate of drug-likeness (QED) is 0.793. The van der Waals surface area contributed by atoms with Crippen molar-refractivity contribution in [2.75, 3.05) is 37.5 Å². The van der Waals surface area contributed by atoms with Gasteiger partial charge in [-0.15, -0.1) is 0 Å². The molecule has 0 saturated carbocycles. The van der Waals surface area contributed by atoms with Crippen molar-refractivity contribution in [3.8, 4) is 0 Å². The van der Waals surface area contributed by atoms with E-state index in [1.165, 1.54) is 0 Å². The normalized spacial score (nSPS) is 10.9. The SMILES string of the molecule is CCC(CC)N(CCOC)c1nc(C)nc(NC)c1C. The van der Waals surface area contributed by atoms with Gasteiger partial charge in [-0.1, -0.05) is 13.8 Å². The van der Waals surface area contributed by atoms with Gasteiger partial charge in [-0.05, 0) is 26.7 Å². The number of anilines is 2. The molecule has 0 aliphatic heterocycles. The second-order valence-corrected chi connectivity index (χ2v) is 4.97. The summed E-state index contributed by atoms with van der Waals surface area (Å²) in [6.45, 7) is 10.00. The van der Waals surface area contributed by atoms with Gasteiger partial charge in [0.15, 0.2) is 0 Å². The molecule has 0 amide bonds. The van der Waals surface area contributed by atoms with Gasteiger partial charge in [0.25, 0.3) is 0 Å². The second-order valence-electron chi connectivity index (χ2n) is 4.97. The Hall–Kier alpha value is -1.36. The Balaban J connectivity index is 3.21. The molecule has 0 spiro atoms. The fourth-order valence-corrected chi connectivity index (χ4v) is 2.52. The highest BCUT2D eigenvalue weighted by molar-refractivity contribution is 5.58. The summed E-state index contributed by atoms with van der Waals surface area (Å²) in [4.78, 5) is 11.5. The molecule has 0 unspecified atom stereocenters. The van der Waals surface area contributed by atoms with Gasteiger partial charge in [0, 0.05) is 32.3 Å². The molecule has 0 fully saturated rings. The topological polar surface area (TPSA) is 50.3 Å². The van der Waals surface area contributed by atoms with Crippen LogP contribution in [-0.4, -0.2) is 43.3 Å². The average Bonchev–Trinajstić information content (AvgIpc) is 2.45. The Morgan fingerprint density at radius 1 is 1.20 bits per heavy atom. The Morgan fingerprint density at radius 2 is 1.85 bits per heavy atom. The highest BCUT2D eigenvalue weighted by atomic mass is 16.5. The van der Waals surface area contributed by atoms with E-state index in [9.17, 15) is 0 Å². The van der Waals surface area contributed by atoms with E-state index in [4.69, 9.17) is 4.74 Å². The first-order chi connectivity index (χ1) is 9.58. The summed E-state index contributed by atoms with van der Waals surface area (Å²) in [5, 5.41) is 3.15. The van der Waals surface area contributed by atoms with Gasteiger partial charge >= 0.3 is 0 Å². The summed E-state index contributed by atoms with van der Waals surface area (Å²) in [6.07, 6.45) is 2.19. The Labute approximate surface area is 122 Å². The van der Waals surface area contributed by atoms with Crippen LogP contribution in [0.5, 0.6) is 0 Å². The van der Waals surface area contributed by atoms with Crippen molar-refractivity contribution in [1.82, 2.24) is 9.97 Å². The van der Waals surface area contributed by atoms with Crippen LogP contribution >= 0.6 is 0 Å². The molecule has 1 heterocycles. The summed E-state index contributed by atoms with van der Waals surface area (Å²) >= 11 is 0. The van der Waals surface area contributed by atoms with Crippen LogP contribution in [-0.2, 0) is 4.74 Å². The molecule has 0 saturated heterocycles. The Bertz CT molecular complexity index is 419.